The Morgan fingerprint density at radius 1 is 0.889 bits per heavy atom. The zero-order chi connectivity index (χ0) is 27.3. The van der Waals surface area contributed by atoms with E-state index in [1.165, 1.54) is 0 Å². The Morgan fingerprint density at radius 3 is 2.03 bits per heavy atom. The van der Waals surface area contributed by atoms with Gasteiger partial charge in [-0.05, 0) is 43.2 Å². The molecule has 36 heavy (non-hydrogen) atoms. The molecule has 0 radical (unpaired) electrons. The molecular formula is C26H43N5O5. The van der Waals surface area contributed by atoms with Gasteiger partial charge < -0.3 is 32.5 Å². The lowest BCUT2D eigenvalue weighted by molar-refractivity contribution is -0.142. The lowest BCUT2D eigenvalue weighted by Gasteiger charge is -2.27. The minimum absolute atomic E-state index is 0.0770. The van der Waals surface area contributed by atoms with Crippen LogP contribution in [0.3, 0.4) is 0 Å². The highest BCUT2D eigenvalue weighted by Gasteiger charge is 2.32. The molecule has 5 atom stereocenters. The highest BCUT2D eigenvalue weighted by molar-refractivity contribution is 5.94. The minimum Gasteiger partial charge on any atom is -0.480 e. The van der Waals surface area contributed by atoms with Gasteiger partial charge in [0.15, 0.2) is 0 Å². The average Bonchev–Trinajstić information content (AvgIpc) is 2.85. The van der Waals surface area contributed by atoms with Gasteiger partial charge in [0.05, 0.1) is 6.04 Å². The van der Waals surface area contributed by atoms with Gasteiger partial charge in [-0.1, -0.05) is 64.4 Å². The molecule has 0 aromatic heterocycles. The van der Waals surface area contributed by atoms with Crippen LogP contribution < -0.4 is 27.4 Å². The summed E-state index contributed by atoms with van der Waals surface area (Å²) in [6.45, 7) is 7.72. The Hall–Kier alpha value is -2.98. The number of nitrogens with one attached hydrogen (secondary N) is 3. The lowest BCUT2D eigenvalue weighted by atomic mass is 9.97. The van der Waals surface area contributed by atoms with Crippen LogP contribution in [0.4, 0.5) is 0 Å². The third-order valence-corrected chi connectivity index (χ3v) is 6.28. The molecular weight excluding hydrogens is 462 g/mol. The zero-order valence-electron chi connectivity index (χ0n) is 21.8. The van der Waals surface area contributed by atoms with E-state index in [9.17, 15) is 24.3 Å². The van der Waals surface area contributed by atoms with E-state index < -0.39 is 47.9 Å². The van der Waals surface area contributed by atoms with Gasteiger partial charge in [-0.3, -0.25) is 14.4 Å². The van der Waals surface area contributed by atoms with E-state index >= 15 is 0 Å². The molecule has 0 spiro atoms. The maximum absolute atomic E-state index is 13.3. The predicted octanol–water partition coefficient (Wildman–Crippen LogP) is 0.927. The number of benzene rings is 1. The van der Waals surface area contributed by atoms with E-state index in [2.05, 4.69) is 16.0 Å². The molecule has 3 amide bonds. The van der Waals surface area contributed by atoms with Crippen molar-refractivity contribution < 1.29 is 24.3 Å². The molecule has 0 aliphatic heterocycles. The standard InChI is InChI=1S/C26H43N5O5/c1-5-17(4)21(28)24(33)30-20(15-18-11-7-6-8-12-18)23(32)31-22(16(2)3)25(34)29-19(26(35)36)13-9-10-14-27/h6-8,11-12,16-17,19-22H,5,9-10,13-15,27-28H2,1-4H3,(H,29,34)(H,30,33)(H,31,32)(H,35,36)/t17-,19-,20-,21-,22-/m0/s1. The van der Waals surface area contributed by atoms with E-state index in [0.717, 1.165) is 5.56 Å². The van der Waals surface area contributed by atoms with Crippen LogP contribution >= 0.6 is 0 Å². The molecule has 0 heterocycles. The van der Waals surface area contributed by atoms with Gasteiger partial charge in [-0.15, -0.1) is 0 Å². The molecule has 0 bridgehead atoms. The quantitative estimate of drug-likeness (QED) is 0.181. The molecule has 0 saturated carbocycles. The third-order valence-electron chi connectivity index (χ3n) is 6.28. The number of carboxylic acid groups (broad SMARTS) is 1. The number of carbonyl (C=O) groups excluding carboxylic acids is 3. The third kappa shape index (κ3) is 10.3. The zero-order valence-corrected chi connectivity index (χ0v) is 21.8. The fourth-order valence-electron chi connectivity index (χ4n) is 3.64. The van der Waals surface area contributed by atoms with Crippen molar-refractivity contribution in [2.24, 2.45) is 23.3 Å². The van der Waals surface area contributed by atoms with Crippen molar-refractivity contribution in [2.75, 3.05) is 6.54 Å². The predicted molar refractivity (Wildman–Crippen MR) is 139 cm³/mol. The molecule has 10 heteroatoms. The fourth-order valence-corrected chi connectivity index (χ4v) is 3.64. The molecule has 202 valence electrons. The molecule has 1 aromatic rings. The highest BCUT2D eigenvalue weighted by Crippen LogP contribution is 2.10. The van der Waals surface area contributed by atoms with E-state index in [-0.39, 0.29) is 24.7 Å². The summed E-state index contributed by atoms with van der Waals surface area (Å²) < 4.78 is 0. The van der Waals surface area contributed by atoms with Crippen molar-refractivity contribution >= 4 is 23.7 Å². The second-order valence-corrected chi connectivity index (χ2v) is 9.58. The van der Waals surface area contributed by atoms with Crippen LogP contribution in [0, 0.1) is 11.8 Å². The topological polar surface area (TPSA) is 177 Å². The molecule has 1 rings (SSSR count). The Kier molecular flexibility index (Phi) is 13.7. The molecule has 0 aliphatic rings. The maximum Gasteiger partial charge on any atom is 0.326 e. The summed E-state index contributed by atoms with van der Waals surface area (Å²) in [7, 11) is 0. The molecule has 0 unspecified atom stereocenters. The summed E-state index contributed by atoms with van der Waals surface area (Å²) in [5.74, 6) is -3.15. The molecule has 0 saturated heterocycles. The van der Waals surface area contributed by atoms with Gasteiger partial charge in [0.2, 0.25) is 17.7 Å². The summed E-state index contributed by atoms with van der Waals surface area (Å²) in [5, 5.41) is 17.5. The summed E-state index contributed by atoms with van der Waals surface area (Å²) in [6.07, 6.45) is 2.33. The van der Waals surface area contributed by atoms with Crippen molar-refractivity contribution in [1.82, 2.24) is 16.0 Å². The second-order valence-electron chi connectivity index (χ2n) is 9.58. The van der Waals surface area contributed by atoms with Crippen LogP contribution in [0.5, 0.6) is 0 Å². The van der Waals surface area contributed by atoms with Crippen LogP contribution in [-0.2, 0) is 25.6 Å². The van der Waals surface area contributed by atoms with E-state index in [4.69, 9.17) is 11.5 Å². The van der Waals surface area contributed by atoms with Crippen LogP contribution in [0.25, 0.3) is 0 Å². The first-order chi connectivity index (χ1) is 17.0. The summed E-state index contributed by atoms with van der Waals surface area (Å²) >= 11 is 0. The van der Waals surface area contributed by atoms with Gasteiger partial charge >= 0.3 is 5.97 Å². The Bertz CT molecular complexity index is 848. The van der Waals surface area contributed by atoms with Gasteiger partial charge in [0.25, 0.3) is 0 Å². The number of nitrogens with two attached hydrogens (primary N) is 2. The average molecular weight is 506 g/mol. The second kappa shape index (κ2) is 15.9. The van der Waals surface area contributed by atoms with Crippen LogP contribution in [0.15, 0.2) is 30.3 Å². The van der Waals surface area contributed by atoms with Gasteiger partial charge in [-0.25, -0.2) is 4.79 Å². The van der Waals surface area contributed by atoms with E-state index in [0.29, 0.717) is 25.8 Å². The van der Waals surface area contributed by atoms with Crippen molar-refractivity contribution in [3.8, 4) is 0 Å². The molecule has 0 aliphatic carbocycles. The summed E-state index contributed by atoms with van der Waals surface area (Å²) in [6, 6.07) is 5.36. The Labute approximate surface area is 213 Å². The number of hydrogen-bond acceptors (Lipinski definition) is 6. The monoisotopic (exact) mass is 505 g/mol. The number of amides is 3. The Balaban J connectivity index is 3.04. The summed E-state index contributed by atoms with van der Waals surface area (Å²) in [4.78, 5) is 50.7. The highest BCUT2D eigenvalue weighted by atomic mass is 16.4. The smallest absolute Gasteiger partial charge is 0.326 e. The van der Waals surface area contributed by atoms with Crippen molar-refractivity contribution in [3.05, 3.63) is 35.9 Å². The van der Waals surface area contributed by atoms with Crippen molar-refractivity contribution in [1.29, 1.82) is 0 Å². The number of aliphatic carboxylic acids is 1. The Morgan fingerprint density at radius 2 is 1.50 bits per heavy atom. The molecule has 1 aromatic carbocycles. The van der Waals surface area contributed by atoms with Crippen LogP contribution in [0.2, 0.25) is 0 Å². The fraction of sp³-hybridized carbons (Fsp3) is 0.615. The molecule has 0 fully saturated rings. The SMILES string of the molecule is CC[C@H](C)[C@H](N)C(=O)N[C@@H](Cc1ccccc1)C(=O)N[C@H](C(=O)N[C@@H](CCCCN)C(=O)O)C(C)C. The number of rotatable bonds is 16. The number of carbonyl (C=O) groups is 4. The lowest BCUT2D eigenvalue weighted by Crippen LogP contribution is -2.59. The van der Waals surface area contributed by atoms with Gasteiger partial charge in [-0.2, -0.15) is 0 Å². The maximum atomic E-state index is 13.3. The van der Waals surface area contributed by atoms with E-state index in [1.807, 2.05) is 44.2 Å². The first-order valence-electron chi connectivity index (χ1n) is 12.6. The van der Waals surface area contributed by atoms with Crippen LogP contribution in [0.1, 0.15) is 58.9 Å². The van der Waals surface area contributed by atoms with Crippen molar-refractivity contribution in [2.45, 2.75) is 84.0 Å². The first kappa shape index (κ1) is 31.1. The van der Waals surface area contributed by atoms with Gasteiger partial charge in [0, 0.05) is 6.42 Å². The first-order valence-corrected chi connectivity index (χ1v) is 12.6. The molecule has 8 N–H and O–H groups in total. The van der Waals surface area contributed by atoms with Crippen LogP contribution in [-0.4, -0.2) is 59.5 Å². The number of carboxylic acids is 1. The molecule has 10 nitrogen and oxygen atoms in total. The van der Waals surface area contributed by atoms with Gasteiger partial charge in [0.1, 0.15) is 18.1 Å². The van der Waals surface area contributed by atoms with E-state index in [1.54, 1.807) is 13.8 Å². The normalized spacial score (nSPS) is 15.3. The number of unbranched alkanes of at least 4 members (excludes halogenated alkanes) is 1. The summed E-state index contributed by atoms with van der Waals surface area (Å²) in [5.41, 5.74) is 12.4. The largest absolute Gasteiger partial charge is 0.480 e. The number of hydrogen-bond donors (Lipinski definition) is 6. The minimum atomic E-state index is -1.15. The van der Waals surface area contributed by atoms with Crippen molar-refractivity contribution in [3.63, 3.8) is 0 Å².